The van der Waals surface area contributed by atoms with E-state index in [0.29, 0.717) is 10.4 Å². The van der Waals surface area contributed by atoms with Crippen LogP contribution in [0.5, 0.6) is 0 Å². The smallest absolute Gasteiger partial charge is 0.348 e. The Morgan fingerprint density at radius 3 is 2.73 bits per heavy atom. The lowest BCUT2D eigenvalue weighted by Gasteiger charge is -2.06. The summed E-state index contributed by atoms with van der Waals surface area (Å²) in [5.74, 6) is -1.49. The maximum atomic E-state index is 13.0. The molecule has 2 rings (SSSR count). The molecule has 2 aromatic rings. The molecule has 1 aromatic heterocycles. The first-order chi connectivity index (χ1) is 10.5. The Morgan fingerprint density at radius 2 is 2.09 bits per heavy atom. The molecule has 0 spiro atoms. The van der Waals surface area contributed by atoms with Crippen LogP contribution < -0.4 is 5.32 Å². The summed E-state index contributed by atoms with van der Waals surface area (Å²) in [5, 5.41) is 2.56. The summed E-state index contributed by atoms with van der Waals surface area (Å²) in [7, 11) is 0. The highest BCUT2D eigenvalue weighted by molar-refractivity contribution is 7.13. The van der Waals surface area contributed by atoms with E-state index < -0.39 is 17.7 Å². The Balaban J connectivity index is 1.78. The second kappa shape index (κ2) is 7.38. The predicted molar refractivity (Wildman–Crippen MR) is 82.6 cm³/mol. The van der Waals surface area contributed by atoms with Crippen LogP contribution in [0.4, 0.5) is 4.39 Å². The summed E-state index contributed by atoms with van der Waals surface area (Å²) >= 11 is 6.95. The molecular formula is C15H13ClFNO3S. The molecule has 7 heteroatoms. The van der Waals surface area contributed by atoms with Gasteiger partial charge in [-0.15, -0.1) is 11.3 Å². The first-order valence-corrected chi connectivity index (χ1v) is 7.59. The van der Waals surface area contributed by atoms with E-state index >= 15 is 0 Å². The van der Waals surface area contributed by atoms with Crippen LogP contribution in [0.15, 0.2) is 30.3 Å². The highest BCUT2D eigenvalue weighted by Crippen LogP contribution is 2.16. The Labute approximate surface area is 135 Å². The highest BCUT2D eigenvalue weighted by Gasteiger charge is 2.12. The van der Waals surface area contributed by atoms with Crippen molar-refractivity contribution >= 4 is 34.8 Å². The summed E-state index contributed by atoms with van der Waals surface area (Å²) in [6.07, 6.45) is 0. The van der Waals surface area contributed by atoms with E-state index in [1.807, 2.05) is 6.92 Å². The van der Waals surface area contributed by atoms with Crippen molar-refractivity contribution in [2.45, 2.75) is 13.5 Å². The van der Waals surface area contributed by atoms with Crippen molar-refractivity contribution in [1.29, 1.82) is 0 Å². The van der Waals surface area contributed by atoms with Crippen molar-refractivity contribution in [2.75, 3.05) is 6.61 Å². The monoisotopic (exact) mass is 341 g/mol. The Kier molecular flexibility index (Phi) is 5.51. The Hall–Kier alpha value is -1.92. The lowest BCUT2D eigenvalue weighted by Crippen LogP contribution is -2.28. The number of rotatable bonds is 5. The molecule has 0 fully saturated rings. The largest absolute Gasteiger partial charge is 0.451 e. The van der Waals surface area contributed by atoms with Gasteiger partial charge in [-0.2, -0.15) is 0 Å². The maximum Gasteiger partial charge on any atom is 0.348 e. The van der Waals surface area contributed by atoms with Gasteiger partial charge in [0.2, 0.25) is 0 Å². The standard InChI is InChI=1S/C15H13ClFNO3S/c1-9-2-5-13(22-9)15(20)21-8-14(19)18-7-10-3-4-12(17)11(16)6-10/h2-6H,7-8H2,1H3,(H,18,19). The summed E-state index contributed by atoms with van der Waals surface area (Å²) in [4.78, 5) is 24.7. The molecule has 1 aromatic carbocycles. The minimum Gasteiger partial charge on any atom is -0.451 e. The van der Waals surface area contributed by atoms with E-state index in [4.69, 9.17) is 16.3 Å². The van der Waals surface area contributed by atoms with E-state index in [9.17, 15) is 14.0 Å². The van der Waals surface area contributed by atoms with E-state index in [-0.39, 0.29) is 18.2 Å². The summed E-state index contributed by atoms with van der Waals surface area (Å²) in [6, 6.07) is 7.63. The fraction of sp³-hybridized carbons (Fsp3) is 0.200. The third kappa shape index (κ3) is 4.54. The van der Waals surface area contributed by atoms with Crippen LogP contribution in [0.3, 0.4) is 0 Å². The quantitative estimate of drug-likeness (QED) is 0.849. The van der Waals surface area contributed by atoms with Crippen molar-refractivity contribution in [2.24, 2.45) is 0 Å². The van der Waals surface area contributed by atoms with E-state index in [1.54, 1.807) is 12.1 Å². The fourth-order valence-electron chi connectivity index (χ4n) is 1.65. The summed E-state index contributed by atoms with van der Waals surface area (Å²) < 4.78 is 17.9. The number of carbonyl (C=O) groups is 2. The molecule has 0 saturated heterocycles. The van der Waals surface area contributed by atoms with Gasteiger partial charge < -0.3 is 10.1 Å². The Morgan fingerprint density at radius 1 is 1.32 bits per heavy atom. The maximum absolute atomic E-state index is 13.0. The lowest BCUT2D eigenvalue weighted by molar-refractivity contribution is -0.124. The summed E-state index contributed by atoms with van der Waals surface area (Å²) in [5.41, 5.74) is 0.653. The van der Waals surface area contributed by atoms with Gasteiger partial charge in [-0.25, -0.2) is 9.18 Å². The van der Waals surface area contributed by atoms with Gasteiger partial charge in [0.15, 0.2) is 6.61 Å². The van der Waals surface area contributed by atoms with Crippen LogP contribution in [0, 0.1) is 12.7 Å². The minimum absolute atomic E-state index is 0.00811. The van der Waals surface area contributed by atoms with Crippen molar-refractivity contribution in [3.63, 3.8) is 0 Å². The number of carbonyl (C=O) groups excluding carboxylic acids is 2. The zero-order valence-corrected chi connectivity index (χ0v) is 13.3. The van der Waals surface area contributed by atoms with Crippen molar-refractivity contribution in [3.8, 4) is 0 Å². The van der Waals surface area contributed by atoms with Crippen LogP contribution in [0.25, 0.3) is 0 Å². The average Bonchev–Trinajstić information content (AvgIpc) is 2.92. The minimum atomic E-state index is -0.530. The number of thiophene rings is 1. The number of hydrogen-bond donors (Lipinski definition) is 1. The first-order valence-electron chi connectivity index (χ1n) is 6.40. The van der Waals surface area contributed by atoms with Gasteiger partial charge in [0.25, 0.3) is 5.91 Å². The molecule has 0 radical (unpaired) electrons. The number of benzene rings is 1. The van der Waals surface area contributed by atoms with Crippen molar-refractivity contribution < 1.29 is 18.7 Å². The summed E-state index contributed by atoms with van der Waals surface area (Å²) in [6.45, 7) is 1.68. The Bertz CT molecular complexity index is 702. The average molecular weight is 342 g/mol. The third-order valence-electron chi connectivity index (χ3n) is 2.75. The highest BCUT2D eigenvalue weighted by atomic mass is 35.5. The molecule has 0 atom stereocenters. The van der Waals surface area contributed by atoms with Crippen LogP contribution in [-0.2, 0) is 16.1 Å². The number of halogens is 2. The first kappa shape index (κ1) is 16.5. The van der Waals surface area contributed by atoms with E-state index in [1.165, 1.54) is 29.5 Å². The second-order valence-corrected chi connectivity index (χ2v) is 6.21. The van der Waals surface area contributed by atoms with Gasteiger partial charge in [0.05, 0.1) is 5.02 Å². The van der Waals surface area contributed by atoms with Crippen molar-refractivity contribution in [1.82, 2.24) is 5.32 Å². The number of amides is 1. The van der Waals surface area contributed by atoms with Gasteiger partial charge in [-0.3, -0.25) is 4.79 Å². The van der Waals surface area contributed by atoms with Crippen molar-refractivity contribution in [3.05, 3.63) is 56.5 Å². The van der Waals surface area contributed by atoms with Crippen LogP contribution in [-0.4, -0.2) is 18.5 Å². The number of aryl methyl sites for hydroxylation is 1. The number of hydrogen-bond acceptors (Lipinski definition) is 4. The van der Waals surface area contributed by atoms with Crippen LogP contribution >= 0.6 is 22.9 Å². The molecule has 0 aliphatic rings. The van der Waals surface area contributed by atoms with Gasteiger partial charge in [0.1, 0.15) is 10.7 Å². The predicted octanol–water partition coefficient (Wildman–Crippen LogP) is 3.32. The third-order valence-corrected chi connectivity index (χ3v) is 4.02. The van der Waals surface area contributed by atoms with Gasteiger partial charge in [-0.05, 0) is 36.8 Å². The van der Waals surface area contributed by atoms with Crippen LogP contribution in [0.1, 0.15) is 20.1 Å². The molecule has 0 unspecified atom stereocenters. The molecule has 116 valence electrons. The molecule has 22 heavy (non-hydrogen) atoms. The van der Waals surface area contributed by atoms with Gasteiger partial charge in [0, 0.05) is 11.4 Å². The number of nitrogens with one attached hydrogen (secondary N) is 1. The molecule has 1 heterocycles. The SMILES string of the molecule is Cc1ccc(C(=O)OCC(=O)NCc2ccc(F)c(Cl)c2)s1. The van der Waals surface area contributed by atoms with E-state index in [2.05, 4.69) is 5.32 Å². The molecule has 1 amide bonds. The molecule has 0 saturated carbocycles. The van der Waals surface area contributed by atoms with Gasteiger partial charge >= 0.3 is 5.97 Å². The van der Waals surface area contributed by atoms with Gasteiger partial charge in [-0.1, -0.05) is 17.7 Å². The molecular weight excluding hydrogens is 329 g/mol. The molecule has 4 nitrogen and oxygen atoms in total. The molecule has 0 bridgehead atoms. The normalized spacial score (nSPS) is 10.3. The topological polar surface area (TPSA) is 55.4 Å². The fourth-order valence-corrected chi connectivity index (χ4v) is 2.61. The number of ether oxygens (including phenoxy) is 1. The van der Waals surface area contributed by atoms with Crippen LogP contribution in [0.2, 0.25) is 5.02 Å². The lowest BCUT2D eigenvalue weighted by atomic mass is 10.2. The zero-order valence-electron chi connectivity index (χ0n) is 11.7. The van der Waals surface area contributed by atoms with E-state index in [0.717, 1.165) is 4.88 Å². The molecule has 1 N–H and O–H groups in total. The zero-order chi connectivity index (χ0) is 16.1. The second-order valence-electron chi connectivity index (χ2n) is 4.51. The number of esters is 1. The molecule has 0 aliphatic heterocycles. The molecule has 0 aliphatic carbocycles.